The molecule has 0 aliphatic heterocycles. The summed E-state index contributed by atoms with van der Waals surface area (Å²) >= 11 is 0. The highest BCUT2D eigenvalue weighted by atomic mass is 16.5. The summed E-state index contributed by atoms with van der Waals surface area (Å²) < 4.78 is 43.1. The van der Waals surface area contributed by atoms with Crippen LogP contribution in [-0.2, 0) is 0 Å². The van der Waals surface area contributed by atoms with Gasteiger partial charge >= 0.3 is 0 Å². The molecular weight excluding hydrogens is 238 g/mol. The number of hydrogen-bond acceptors (Lipinski definition) is 3. The largest absolute Gasteiger partial charge is 0.490 e. The molecule has 0 aliphatic rings. The average Bonchev–Trinajstić information content (AvgIpc) is 2.51. The zero-order valence-corrected chi connectivity index (χ0v) is 10.8. The third-order valence-electron chi connectivity index (χ3n) is 2.61. The van der Waals surface area contributed by atoms with Crippen LogP contribution in [0.2, 0.25) is 0 Å². The molecule has 2 unspecified atom stereocenters. The van der Waals surface area contributed by atoms with E-state index in [1.807, 2.05) is 36.4 Å². The molecule has 19 heavy (non-hydrogen) atoms. The number of aliphatic hydroxyl groups is 1. The predicted octanol–water partition coefficient (Wildman–Crippen LogP) is 2.58. The van der Waals surface area contributed by atoms with E-state index in [0.29, 0.717) is 5.75 Å². The second-order valence-corrected chi connectivity index (χ2v) is 4.31. The zero-order chi connectivity index (χ0) is 18.0. The molecule has 2 aromatic carbocycles. The number of rotatable bonds is 6. The Balaban J connectivity index is 2.05. The fourth-order valence-electron chi connectivity index (χ4n) is 1.75. The highest BCUT2D eigenvalue weighted by Gasteiger charge is 2.07. The topological polar surface area (TPSA) is 41.5 Å². The maximum Gasteiger partial charge on any atom is 0.127 e. The molecule has 0 spiro atoms. The number of aliphatic hydroxyl groups excluding tert-OH is 1. The molecule has 0 fully saturated rings. The lowest BCUT2D eigenvalue weighted by Crippen LogP contribution is -2.35. The lowest BCUT2D eigenvalue weighted by atomic mass is 10.1. The van der Waals surface area contributed by atoms with Crippen LogP contribution in [0, 0.1) is 0 Å². The maximum atomic E-state index is 10.1. The molecule has 0 bridgehead atoms. The van der Waals surface area contributed by atoms with Crippen LogP contribution in [0.25, 0.3) is 10.8 Å². The number of fused-ring (bicyclic) bond motifs is 1. The molecule has 2 aromatic rings. The first-order chi connectivity index (χ1) is 11.1. The normalized spacial score (nSPS) is 19.6. The van der Waals surface area contributed by atoms with Crippen molar-refractivity contribution in [2.45, 2.75) is 25.9 Å². The van der Waals surface area contributed by atoms with Gasteiger partial charge in [-0.05, 0) is 11.5 Å². The van der Waals surface area contributed by atoms with E-state index in [2.05, 4.69) is 5.32 Å². The number of hydrogen-bond donors (Lipinski definition) is 2. The molecular formula is C16H21NO2. The summed E-state index contributed by atoms with van der Waals surface area (Å²) in [4.78, 5) is 0. The second kappa shape index (κ2) is 6.55. The molecule has 102 valence electrons. The Bertz CT molecular complexity index is 684. The van der Waals surface area contributed by atoms with Gasteiger partial charge in [0.25, 0.3) is 0 Å². The molecule has 0 saturated carbocycles. The molecule has 0 aromatic heterocycles. The van der Waals surface area contributed by atoms with Crippen molar-refractivity contribution in [3.05, 3.63) is 42.5 Å². The van der Waals surface area contributed by atoms with E-state index < -0.39 is 25.5 Å². The predicted molar refractivity (Wildman–Crippen MR) is 78.6 cm³/mol. The van der Waals surface area contributed by atoms with Crippen LogP contribution in [0.4, 0.5) is 0 Å². The van der Waals surface area contributed by atoms with Crippen LogP contribution >= 0.6 is 0 Å². The van der Waals surface area contributed by atoms with Crippen LogP contribution in [0.15, 0.2) is 42.5 Å². The summed E-state index contributed by atoms with van der Waals surface area (Å²) in [7, 11) is 0. The van der Waals surface area contributed by atoms with Crippen LogP contribution in [0.5, 0.6) is 5.75 Å². The Kier molecular flexibility index (Phi) is 2.95. The number of ether oxygens (including phenoxy) is 1. The molecule has 3 nitrogen and oxygen atoms in total. The SMILES string of the molecule is [2H]C([2H])([2H])C(C)NC([2H])([2H])C(O)COc1cccc2ccccc12. The zero-order valence-electron chi connectivity index (χ0n) is 15.8. The Hall–Kier alpha value is -1.58. The molecule has 0 aliphatic carbocycles. The average molecular weight is 264 g/mol. The Morgan fingerprint density at radius 2 is 2.11 bits per heavy atom. The molecule has 0 heterocycles. The van der Waals surface area contributed by atoms with Crippen molar-refractivity contribution in [3.8, 4) is 5.75 Å². The number of nitrogens with one attached hydrogen (secondary N) is 1. The van der Waals surface area contributed by atoms with E-state index in [9.17, 15) is 5.11 Å². The molecule has 2 rings (SSSR count). The van der Waals surface area contributed by atoms with Crippen molar-refractivity contribution in [1.29, 1.82) is 0 Å². The van der Waals surface area contributed by atoms with Gasteiger partial charge in [0.1, 0.15) is 18.5 Å². The molecule has 2 atom stereocenters. The van der Waals surface area contributed by atoms with E-state index >= 15 is 0 Å². The fourth-order valence-corrected chi connectivity index (χ4v) is 1.75. The standard InChI is InChI=1S/C16H21NO2/c1-12(2)17-10-14(18)11-19-16-9-5-7-13-6-3-4-8-15(13)16/h3-9,12,14,17-18H,10-11H2,1-2H3/i1D3,10D2. The molecule has 0 amide bonds. The van der Waals surface area contributed by atoms with Crippen molar-refractivity contribution in [3.63, 3.8) is 0 Å². The van der Waals surface area contributed by atoms with E-state index in [1.54, 1.807) is 6.07 Å². The van der Waals surface area contributed by atoms with Gasteiger partial charge in [0.2, 0.25) is 0 Å². The first-order valence-corrected chi connectivity index (χ1v) is 6.17. The quantitative estimate of drug-likeness (QED) is 0.842. The van der Waals surface area contributed by atoms with Crippen molar-refractivity contribution in [1.82, 2.24) is 5.32 Å². The molecule has 0 saturated heterocycles. The van der Waals surface area contributed by atoms with Crippen molar-refractivity contribution in [2.24, 2.45) is 0 Å². The van der Waals surface area contributed by atoms with Gasteiger partial charge in [-0.15, -0.1) is 0 Å². The van der Waals surface area contributed by atoms with Crippen molar-refractivity contribution >= 4 is 10.8 Å². The highest BCUT2D eigenvalue weighted by Crippen LogP contribution is 2.25. The van der Waals surface area contributed by atoms with E-state index in [-0.39, 0.29) is 6.61 Å². The lowest BCUT2D eigenvalue weighted by molar-refractivity contribution is 0.105. The Morgan fingerprint density at radius 3 is 2.95 bits per heavy atom. The fraction of sp³-hybridized carbons (Fsp3) is 0.375. The van der Waals surface area contributed by atoms with Crippen molar-refractivity contribution < 1.29 is 16.7 Å². The van der Waals surface area contributed by atoms with Gasteiger partial charge in [0.05, 0.1) is 0 Å². The smallest absolute Gasteiger partial charge is 0.127 e. The summed E-state index contributed by atoms with van der Waals surface area (Å²) in [5, 5.41) is 14.2. The minimum absolute atomic E-state index is 0.304. The van der Waals surface area contributed by atoms with Crippen molar-refractivity contribution in [2.75, 3.05) is 13.1 Å². The first kappa shape index (κ1) is 8.56. The van der Waals surface area contributed by atoms with Gasteiger partial charge in [-0.1, -0.05) is 50.2 Å². The molecule has 0 radical (unpaired) electrons. The summed E-state index contributed by atoms with van der Waals surface area (Å²) in [6, 6.07) is 12.0. The lowest BCUT2D eigenvalue weighted by Gasteiger charge is -2.15. The summed E-state index contributed by atoms with van der Waals surface area (Å²) in [5.74, 6) is 0.534. The summed E-state index contributed by atoms with van der Waals surface area (Å²) in [5.41, 5.74) is 0. The third kappa shape index (κ3) is 3.94. The molecule has 2 N–H and O–H groups in total. The minimum atomic E-state index is -2.36. The van der Waals surface area contributed by atoms with E-state index in [0.717, 1.165) is 10.8 Å². The van der Waals surface area contributed by atoms with Gasteiger partial charge in [-0.3, -0.25) is 0 Å². The number of benzene rings is 2. The first-order valence-electron chi connectivity index (χ1n) is 8.67. The van der Waals surface area contributed by atoms with Crippen LogP contribution < -0.4 is 10.1 Å². The van der Waals surface area contributed by atoms with Crippen LogP contribution in [0.1, 0.15) is 20.6 Å². The van der Waals surface area contributed by atoms with E-state index in [4.69, 9.17) is 11.6 Å². The highest BCUT2D eigenvalue weighted by molar-refractivity contribution is 5.88. The summed E-state index contributed by atoms with van der Waals surface area (Å²) in [6.45, 7) is -3.60. The van der Waals surface area contributed by atoms with Gasteiger partial charge in [0.15, 0.2) is 0 Å². The van der Waals surface area contributed by atoms with Crippen LogP contribution in [0.3, 0.4) is 0 Å². The van der Waals surface area contributed by atoms with Crippen LogP contribution in [-0.4, -0.2) is 30.4 Å². The van der Waals surface area contributed by atoms with Gasteiger partial charge in [-0.2, -0.15) is 0 Å². The third-order valence-corrected chi connectivity index (χ3v) is 2.61. The van der Waals surface area contributed by atoms with E-state index in [1.165, 1.54) is 6.92 Å². The Morgan fingerprint density at radius 1 is 1.32 bits per heavy atom. The second-order valence-electron chi connectivity index (χ2n) is 4.31. The maximum absolute atomic E-state index is 10.1. The Labute approximate surface area is 121 Å². The monoisotopic (exact) mass is 264 g/mol. The minimum Gasteiger partial charge on any atom is -0.490 e. The summed E-state index contributed by atoms with van der Waals surface area (Å²) in [6.07, 6.45) is -1.53. The van der Waals surface area contributed by atoms with Gasteiger partial charge in [-0.25, -0.2) is 0 Å². The molecule has 3 heteroatoms. The van der Waals surface area contributed by atoms with Gasteiger partial charge < -0.3 is 15.2 Å². The van der Waals surface area contributed by atoms with Gasteiger partial charge in [0, 0.05) is 24.8 Å².